The van der Waals surface area contributed by atoms with Crippen molar-refractivity contribution in [1.82, 2.24) is 5.32 Å². The second kappa shape index (κ2) is 10.9. The van der Waals surface area contributed by atoms with E-state index in [-0.39, 0.29) is 5.91 Å². The standard InChI is InChI=1S/C20H25N3O5S2/c1-28-18-7-5-4-6-16(18)19(24)22-17(12-13-29-2)20(25)21-14-8-10-15(11-9-14)23-30(3,26)27/h4-11,17,23H,12-13H2,1-3H3,(H,21,25)(H,22,24)/t17-/m1/s1. The summed E-state index contributed by atoms with van der Waals surface area (Å²) in [6.45, 7) is 0. The number of carbonyl (C=O) groups is 2. The third-order valence-electron chi connectivity index (χ3n) is 4.04. The van der Waals surface area contributed by atoms with Gasteiger partial charge in [0.05, 0.1) is 18.9 Å². The fourth-order valence-electron chi connectivity index (χ4n) is 2.64. The molecule has 0 saturated carbocycles. The smallest absolute Gasteiger partial charge is 0.255 e. The first-order chi connectivity index (χ1) is 14.2. The van der Waals surface area contributed by atoms with Crippen molar-refractivity contribution in [3.63, 3.8) is 0 Å². The average Bonchev–Trinajstić information content (AvgIpc) is 2.71. The number of rotatable bonds is 10. The monoisotopic (exact) mass is 451 g/mol. The number of benzene rings is 2. The third kappa shape index (κ3) is 7.27. The number of hydrogen-bond donors (Lipinski definition) is 3. The number of sulfonamides is 1. The summed E-state index contributed by atoms with van der Waals surface area (Å²) in [6.07, 6.45) is 3.43. The topological polar surface area (TPSA) is 114 Å². The van der Waals surface area contributed by atoms with E-state index in [2.05, 4.69) is 15.4 Å². The Bertz CT molecular complexity index is 978. The van der Waals surface area contributed by atoms with E-state index >= 15 is 0 Å². The van der Waals surface area contributed by atoms with Crippen molar-refractivity contribution in [2.24, 2.45) is 0 Å². The van der Waals surface area contributed by atoms with E-state index in [0.29, 0.717) is 34.9 Å². The lowest BCUT2D eigenvalue weighted by Gasteiger charge is -2.19. The maximum atomic E-state index is 12.8. The number of methoxy groups -OCH3 is 1. The van der Waals surface area contributed by atoms with Crippen LogP contribution in [-0.2, 0) is 14.8 Å². The lowest BCUT2D eigenvalue weighted by atomic mass is 10.1. The molecule has 2 aromatic rings. The zero-order valence-corrected chi connectivity index (χ0v) is 18.6. The summed E-state index contributed by atoms with van der Waals surface area (Å²) in [5, 5.41) is 5.52. The first-order valence-electron chi connectivity index (χ1n) is 9.05. The highest BCUT2D eigenvalue weighted by atomic mass is 32.2. The van der Waals surface area contributed by atoms with Crippen molar-refractivity contribution in [2.45, 2.75) is 12.5 Å². The van der Waals surface area contributed by atoms with E-state index < -0.39 is 22.0 Å². The number of carbonyl (C=O) groups excluding carboxylic acids is 2. The van der Waals surface area contributed by atoms with Gasteiger partial charge in [-0.3, -0.25) is 14.3 Å². The van der Waals surface area contributed by atoms with E-state index in [0.717, 1.165) is 6.26 Å². The maximum absolute atomic E-state index is 12.8. The summed E-state index contributed by atoms with van der Waals surface area (Å²) < 4.78 is 30.1. The van der Waals surface area contributed by atoms with Crippen molar-refractivity contribution in [1.29, 1.82) is 0 Å². The number of ether oxygens (including phenoxy) is 1. The van der Waals surface area contributed by atoms with Gasteiger partial charge in [0.2, 0.25) is 15.9 Å². The van der Waals surface area contributed by atoms with Gasteiger partial charge in [-0.05, 0) is 54.8 Å². The molecule has 0 fully saturated rings. The second-order valence-corrected chi connectivity index (χ2v) is 9.18. The zero-order chi connectivity index (χ0) is 22.1. The van der Waals surface area contributed by atoms with Crippen molar-refractivity contribution in [3.05, 3.63) is 54.1 Å². The molecule has 0 aliphatic heterocycles. The number of nitrogens with one attached hydrogen (secondary N) is 3. The number of anilines is 2. The molecule has 0 bridgehead atoms. The van der Waals surface area contributed by atoms with Crippen LogP contribution in [0.15, 0.2) is 48.5 Å². The van der Waals surface area contributed by atoms with Crippen molar-refractivity contribution < 1.29 is 22.7 Å². The van der Waals surface area contributed by atoms with Gasteiger partial charge in [0.1, 0.15) is 11.8 Å². The summed E-state index contributed by atoms with van der Waals surface area (Å²) in [5.74, 6) is 0.340. The van der Waals surface area contributed by atoms with Crippen LogP contribution in [0.2, 0.25) is 0 Å². The summed E-state index contributed by atoms with van der Waals surface area (Å²) in [7, 11) is -1.90. The van der Waals surface area contributed by atoms with Gasteiger partial charge in [-0.2, -0.15) is 11.8 Å². The average molecular weight is 452 g/mol. The van der Waals surface area contributed by atoms with Crippen LogP contribution < -0.4 is 20.1 Å². The fourth-order valence-corrected chi connectivity index (χ4v) is 3.67. The molecule has 0 aliphatic carbocycles. The molecule has 0 unspecified atom stereocenters. The highest BCUT2D eigenvalue weighted by Gasteiger charge is 2.22. The Balaban J connectivity index is 2.10. The first kappa shape index (κ1) is 23.6. The Morgan fingerprint density at radius 1 is 1.07 bits per heavy atom. The molecule has 8 nitrogen and oxygen atoms in total. The first-order valence-corrected chi connectivity index (χ1v) is 12.3. The van der Waals surface area contributed by atoms with E-state index in [1.807, 2.05) is 6.26 Å². The number of para-hydroxylation sites is 1. The Morgan fingerprint density at radius 2 is 1.70 bits per heavy atom. The lowest BCUT2D eigenvalue weighted by Crippen LogP contribution is -2.44. The normalized spacial score (nSPS) is 12.0. The van der Waals surface area contributed by atoms with Crippen LogP contribution in [0.5, 0.6) is 5.75 Å². The molecule has 0 aliphatic rings. The molecule has 0 heterocycles. The zero-order valence-electron chi connectivity index (χ0n) is 17.0. The van der Waals surface area contributed by atoms with Crippen LogP contribution in [0, 0.1) is 0 Å². The molecule has 10 heteroatoms. The SMILES string of the molecule is COc1ccccc1C(=O)N[C@H](CCSC)C(=O)Nc1ccc(NS(C)(=O)=O)cc1. The van der Waals surface area contributed by atoms with Gasteiger partial charge in [-0.25, -0.2) is 8.42 Å². The van der Waals surface area contributed by atoms with Crippen molar-refractivity contribution >= 4 is 45.0 Å². The van der Waals surface area contributed by atoms with Gasteiger partial charge in [0, 0.05) is 11.4 Å². The Morgan fingerprint density at radius 3 is 2.30 bits per heavy atom. The highest BCUT2D eigenvalue weighted by molar-refractivity contribution is 7.98. The summed E-state index contributed by atoms with van der Waals surface area (Å²) in [6, 6.07) is 12.3. The van der Waals surface area contributed by atoms with Gasteiger partial charge in [0.25, 0.3) is 5.91 Å². The minimum Gasteiger partial charge on any atom is -0.496 e. The van der Waals surface area contributed by atoms with Gasteiger partial charge < -0.3 is 15.4 Å². The maximum Gasteiger partial charge on any atom is 0.255 e. The van der Waals surface area contributed by atoms with E-state index in [1.165, 1.54) is 7.11 Å². The molecule has 2 amide bonds. The molecule has 3 N–H and O–H groups in total. The highest BCUT2D eigenvalue weighted by Crippen LogP contribution is 2.18. The van der Waals surface area contributed by atoms with Gasteiger partial charge in [-0.1, -0.05) is 12.1 Å². The summed E-state index contributed by atoms with van der Waals surface area (Å²) in [4.78, 5) is 25.5. The molecule has 2 aromatic carbocycles. The van der Waals surface area contributed by atoms with Crippen LogP contribution >= 0.6 is 11.8 Å². The molecule has 0 aromatic heterocycles. The molecule has 0 radical (unpaired) electrons. The molecule has 2 rings (SSSR count). The van der Waals surface area contributed by atoms with Gasteiger partial charge >= 0.3 is 0 Å². The van der Waals surface area contributed by atoms with E-state index in [4.69, 9.17) is 4.74 Å². The molecular formula is C20H25N3O5S2. The lowest BCUT2D eigenvalue weighted by molar-refractivity contribution is -0.118. The summed E-state index contributed by atoms with van der Waals surface area (Å²) in [5.41, 5.74) is 1.22. The Hall–Kier alpha value is -2.72. The van der Waals surface area contributed by atoms with Crippen LogP contribution in [0.25, 0.3) is 0 Å². The van der Waals surface area contributed by atoms with Crippen LogP contribution in [0.1, 0.15) is 16.8 Å². The van der Waals surface area contributed by atoms with E-state index in [9.17, 15) is 18.0 Å². The number of thioether (sulfide) groups is 1. The molecule has 1 atom stereocenters. The largest absolute Gasteiger partial charge is 0.496 e. The van der Waals surface area contributed by atoms with Crippen LogP contribution in [0.3, 0.4) is 0 Å². The van der Waals surface area contributed by atoms with Crippen molar-refractivity contribution in [3.8, 4) is 5.75 Å². The molecule has 0 spiro atoms. The van der Waals surface area contributed by atoms with Crippen LogP contribution in [-0.4, -0.2) is 51.6 Å². The predicted octanol–water partition coefficient (Wildman–Crippen LogP) is 2.56. The minimum atomic E-state index is -3.38. The quantitative estimate of drug-likeness (QED) is 0.512. The van der Waals surface area contributed by atoms with Crippen molar-refractivity contribution in [2.75, 3.05) is 35.4 Å². The summed E-state index contributed by atoms with van der Waals surface area (Å²) >= 11 is 1.57. The third-order valence-corrected chi connectivity index (χ3v) is 5.29. The molecule has 30 heavy (non-hydrogen) atoms. The van der Waals surface area contributed by atoms with Crippen LogP contribution in [0.4, 0.5) is 11.4 Å². The Kier molecular flexibility index (Phi) is 8.55. The molecule has 162 valence electrons. The van der Waals surface area contributed by atoms with Gasteiger partial charge in [-0.15, -0.1) is 0 Å². The fraction of sp³-hybridized carbons (Fsp3) is 0.300. The molecular weight excluding hydrogens is 426 g/mol. The Labute approximate surface area is 180 Å². The molecule has 0 saturated heterocycles. The van der Waals surface area contributed by atoms with Gasteiger partial charge in [0.15, 0.2) is 0 Å². The number of amides is 2. The van der Waals surface area contributed by atoms with E-state index in [1.54, 1.807) is 60.3 Å². The minimum absolute atomic E-state index is 0.346. The number of hydrogen-bond acceptors (Lipinski definition) is 6. The predicted molar refractivity (Wildman–Crippen MR) is 121 cm³/mol. The second-order valence-electron chi connectivity index (χ2n) is 6.45.